The molecule has 1 aromatic heterocycles. The van der Waals surface area contributed by atoms with Gasteiger partial charge in [0.25, 0.3) is 5.91 Å². The highest BCUT2D eigenvalue weighted by Crippen LogP contribution is 2.37. The fourth-order valence-electron chi connectivity index (χ4n) is 5.81. The van der Waals surface area contributed by atoms with Crippen molar-refractivity contribution in [2.24, 2.45) is 0 Å². The summed E-state index contributed by atoms with van der Waals surface area (Å²) in [6, 6.07) is 3.38. The summed E-state index contributed by atoms with van der Waals surface area (Å²) < 4.78 is 68.8. The highest BCUT2D eigenvalue weighted by atomic mass is 79.9. The molecule has 1 aliphatic carbocycles. The molecule has 7 atom stereocenters. The zero-order valence-electron chi connectivity index (χ0n) is 22.8. The van der Waals surface area contributed by atoms with E-state index in [1.54, 1.807) is 0 Å². The first-order valence-corrected chi connectivity index (χ1v) is 14.3. The van der Waals surface area contributed by atoms with E-state index in [0.717, 1.165) is 29.3 Å². The van der Waals surface area contributed by atoms with Crippen LogP contribution in [0.4, 0.5) is 23.2 Å². The van der Waals surface area contributed by atoms with Crippen LogP contribution in [0.25, 0.3) is 11.3 Å². The van der Waals surface area contributed by atoms with Gasteiger partial charge in [0.15, 0.2) is 23.6 Å². The van der Waals surface area contributed by atoms with E-state index in [1.165, 1.54) is 30.3 Å². The molecule has 0 bridgehead atoms. The number of rotatable bonds is 7. The van der Waals surface area contributed by atoms with E-state index < -0.39 is 78.4 Å². The molecule has 1 aliphatic heterocycles. The van der Waals surface area contributed by atoms with Crippen molar-refractivity contribution in [1.82, 2.24) is 15.0 Å². The molecule has 2 aliphatic rings. The van der Waals surface area contributed by atoms with Crippen molar-refractivity contribution in [3.05, 3.63) is 64.3 Å². The van der Waals surface area contributed by atoms with Crippen molar-refractivity contribution < 1.29 is 47.1 Å². The Morgan fingerprint density at radius 2 is 1.81 bits per heavy atom. The van der Waals surface area contributed by atoms with E-state index in [1.807, 2.05) is 0 Å². The summed E-state index contributed by atoms with van der Waals surface area (Å²) in [7, 11) is 1.26. The number of methoxy groups -OCH3 is 1. The first-order chi connectivity index (χ1) is 20.5. The Bertz CT molecular complexity index is 1440. The average Bonchev–Trinajstić information content (AvgIpc) is 3.45. The molecule has 10 nitrogen and oxygen atoms in total. The number of ether oxygens (including phenoxy) is 2. The van der Waals surface area contributed by atoms with Gasteiger partial charge in [0.05, 0.1) is 24.9 Å². The first kappa shape index (κ1) is 31.5. The van der Waals surface area contributed by atoms with Crippen LogP contribution in [0.3, 0.4) is 0 Å². The summed E-state index contributed by atoms with van der Waals surface area (Å²) in [4.78, 5) is 15.6. The molecule has 3 aromatic rings. The number of nitrogens with zero attached hydrogens (tertiary/aromatic N) is 4. The second-order valence-corrected chi connectivity index (χ2v) is 11.5. The van der Waals surface area contributed by atoms with E-state index in [0.29, 0.717) is 23.7 Å². The van der Waals surface area contributed by atoms with Crippen LogP contribution in [0.1, 0.15) is 31.7 Å². The minimum Gasteiger partial charge on any atom is -0.394 e. The lowest BCUT2D eigenvalue weighted by Crippen LogP contribution is -2.63. The van der Waals surface area contributed by atoms with Gasteiger partial charge in [-0.15, -0.1) is 5.10 Å². The van der Waals surface area contributed by atoms with Crippen LogP contribution in [-0.2, 0) is 14.3 Å². The maximum absolute atomic E-state index is 14.5. The van der Waals surface area contributed by atoms with Gasteiger partial charge in [-0.05, 0) is 43.2 Å². The summed E-state index contributed by atoms with van der Waals surface area (Å²) in [5, 5.41) is 40.0. The lowest BCUT2D eigenvalue weighted by atomic mass is 9.88. The number of aliphatic hydroxyl groups is 3. The first-order valence-electron chi connectivity index (χ1n) is 13.5. The molecule has 5 rings (SSSR count). The Hall–Kier alpha value is -2.95. The second-order valence-electron chi connectivity index (χ2n) is 10.6. The van der Waals surface area contributed by atoms with Crippen LogP contribution < -0.4 is 4.90 Å². The summed E-state index contributed by atoms with van der Waals surface area (Å²) in [5.74, 6) is -5.89. The van der Waals surface area contributed by atoms with Crippen LogP contribution in [0.5, 0.6) is 0 Å². The summed E-state index contributed by atoms with van der Waals surface area (Å²) in [6.45, 7) is -0.717. The predicted octanol–water partition coefficient (Wildman–Crippen LogP) is 3.28. The molecular weight excluding hydrogens is 644 g/mol. The summed E-state index contributed by atoms with van der Waals surface area (Å²) in [5.41, 5.74) is -0.0714. The Morgan fingerprint density at radius 3 is 2.44 bits per heavy atom. The van der Waals surface area contributed by atoms with Crippen molar-refractivity contribution in [2.45, 2.75) is 68.3 Å². The Balaban J connectivity index is 1.55. The van der Waals surface area contributed by atoms with Gasteiger partial charge in [-0.25, -0.2) is 22.2 Å². The molecule has 15 heteroatoms. The van der Waals surface area contributed by atoms with Crippen molar-refractivity contribution in [3.8, 4) is 11.3 Å². The predicted molar refractivity (Wildman–Crippen MR) is 147 cm³/mol. The molecule has 3 N–H and O–H groups in total. The van der Waals surface area contributed by atoms with Crippen molar-refractivity contribution in [2.75, 3.05) is 18.6 Å². The van der Waals surface area contributed by atoms with E-state index in [9.17, 15) is 37.7 Å². The number of carbonyl (C=O) groups excluding carboxylic acids is 1. The summed E-state index contributed by atoms with van der Waals surface area (Å²) in [6.07, 6.45) is -3.04. The van der Waals surface area contributed by atoms with Gasteiger partial charge in [0.2, 0.25) is 0 Å². The standard InChI is InChI=1S/C28H29BrF4N4O6/c1-42-26-24(36-11-19(34-35-36)13-6-17(31)23(33)18(32)7-13)25(40)22(12-38)43-27(26)28(41)37(20-4-2-3-5-21(20)39)16-9-14(29)8-15(30)10-16/h6-11,20-22,24-27,38-40H,2-5,12H2,1H3/t20-,21-,22+,24-,25-,26+,27+/m0/s1. The number of halogens is 5. The lowest BCUT2D eigenvalue weighted by molar-refractivity contribution is -0.211. The number of hydrogen-bond acceptors (Lipinski definition) is 8. The largest absolute Gasteiger partial charge is 0.394 e. The van der Waals surface area contributed by atoms with Gasteiger partial charge >= 0.3 is 0 Å². The van der Waals surface area contributed by atoms with Gasteiger partial charge in [0, 0.05) is 22.8 Å². The van der Waals surface area contributed by atoms with Gasteiger partial charge in [-0.1, -0.05) is 34.0 Å². The fraction of sp³-hybridized carbons (Fsp3) is 0.464. The van der Waals surface area contributed by atoms with Crippen LogP contribution in [0.2, 0.25) is 0 Å². The van der Waals surface area contributed by atoms with Crippen LogP contribution in [-0.4, -0.2) is 86.5 Å². The average molecular weight is 673 g/mol. The minimum absolute atomic E-state index is 0.0775. The molecule has 0 unspecified atom stereocenters. The summed E-state index contributed by atoms with van der Waals surface area (Å²) >= 11 is 3.25. The maximum Gasteiger partial charge on any atom is 0.259 e. The molecule has 1 saturated heterocycles. The van der Waals surface area contributed by atoms with Crippen molar-refractivity contribution >= 4 is 27.5 Å². The Morgan fingerprint density at radius 1 is 1.12 bits per heavy atom. The molecule has 43 heavy (non-hydrogen) atoms. The van der Waals surface area contributed by atoms with E-state index in [2.05, 4.69) is 26.2 Å². The lowest BCUT2D eigenvalue weighted by Gasteiger charge is -2.46. The second kappa shape index (κ2) is 13.0. The number of anilines is 1. The minimum atomic E-state index is -1.65. The molecule has 0 spiro atoms. The Labute approximate surface area is 251 Å². The van der Waals surface area contributed by atoms with Gasteiger partial charge < -0.3 is 29.7 Å². The molecule has 0 radical (unpaired) electrons. The zero-order valence-corrected chi connectivity index (χ0v) is 24.4. The normalized spacial score (nSPS) is 27.7. The van der Waals surface area contributed by atoms with Gasteiger partial charge in [0.1, 0.15) is 35.9 Å². The molecular formula is C28H29BrF4N4O6. The van der Waals surface area contributed by atoms with E-state index >= 15 is 0 Å². The van der Waals surface area contributed by atoms with E-state index in [4.69, 9.17) is 9.47 Å². The van der Waals surface area contributed by atoms with Crippen LogP contribution in [0, 0.1) is 23.3 Å². The van der Waals surface area contributed by atoms with Crippen molar-refractivity contribution in [1.29, 1.82) is 0 Å². The molecule has 2 fully saturated rings. The smallest absolute Gasteiger partial charge is 0.259 e. The van der Waals surface area contributed by atoms with Gasteiger partial charge in [-0.3, -0.25) is 4.79 Å². The van der Waals surface area contributed by atoms with Gasteiger partial charge in [-0.2, -0.15) is 0 Å². The third kappa shape index (κ3) is 6.19. The fourth-order valence-corrected chi connectivity index (χ4v) is 6.26. The number of aromatic nitrogens is 3. The van der Waals surface area contributed by atoms with E-state index in [-0.39, 0.29) is 16.9 Å². The van der Waals surface area contributed by atoms with Crippen LogP contribution >= 0.6 is 15.9 Å². The number of amides is 1. The SMILES string of the molecule is CO[C@@H]1[C@@H](n2cc(-c3cc(F)c(F)c(F)c3)nn2)[C@@H](O)[C@@H](CO)O[C@H]1C(=O)N(c1cc(F)cc(Br)c1)[C@H]1CCCC[C@@H]1O. The highest BCUT2D eigenvalue weighted by molar-refractivity contribution is 9.10. The molecule has 2 heterocycles. The quantitative estimate of drug-likeness (QED) is 0.258. The maximum atomic E-state index is 14.5. The monoisotopic (exact) mass is 672 g/mol. The molecule has 1 saturated carbocycles. The number of benzene rings is 2. The highest BCUT2D eigenvalue weighted by Gasteiger charge is 2.52. The topological polar surface area (TPSA) is 130 Å². The number of hydrogen-bond donors (Lipinski definition) is 3. The third-order valence-corrected chi connectivity index (χ3v) is 8.32. The Kier molecular flexibility index (Phi) is 9.49. The molecule has 2 aromatic carbocycles. The van der Waals surface area contributed by atoms with Crippen LogP contribution in [0.15, 0.2) is 41.0 Å². The third-order valence-electron chi connectivity index (χ3n) is 7.87. The number of aliphatic hydroxyl groups excluding tert-OH is 3. The van der Waals surface area contributed by atoms with Crippen molar-refractivity contribution in [3.63, 3.8) is 0 Å². The molecule has 1 amide bonds. The zero-order chi connectivity index (χ0) is 31.0. The number of carbonyl (C=O) groups is 1. The molecule has 232 valence electrons.